The van der Waals surface area contributed by atoms with Crippen LogP contribution in [0.4, 0.5) is 0 Å². The number of carbonyl (C=O) groups is 2. The van der Waals surface area contributed by atoms with E-state index in [2.05, 4.69) is 26.1 Å². The summed E-state index contributed by atoms with van der Waals surface area (Å²) in [5.74, 6) is 0.0155. The van der Waals surface area contributed by atoms with Gasteiger partial charge < -0.3 is 15.1 Å². The highest BCUT2D eigenvalue weighted by Crippen LogP contribution is 2.34. The van der Waals surface area contributed by atoms with Gasteiger partial charge in [-0.2, -0.15) is 0 Å². The van der Waals surface area contributed by atoms with E-state index in [1.54, 1.807) is 9.80 Å². The van der Waals surface area contributed by atoms with E-state index in [1.165, 1.54) is 0 Å². The Hall–Kier alpha value is -1.10. The van der Waals surface area contributed by atoms with E-state index < -0.39 is 0 Å². The Labute approximate surface area is 128 Å². The first-order valence-corrected chi connectivity index (χ1v) is 8.18. The van der Waals surface area contributed by atoms with Crippen molar-refractivity contribution in [1.29, 1.82) is 0 Å². The van der Waals surface area contributed by atoms with Gasteiger partial charge in [-0.3, -0.25) is 9.59 Å². The van der Waals surface area contributed by atoms with Crippen molar-refractivity contribution < 1.29 is 9.59 Å². The summed E-state index contributed by atoms with van der Waals surface area (Å²) in [7, 11) is 0. The lowest BCUT2D eigenvalue weighted by Crippen LogP contribution is -2.52. The zero-order valence-corrected chi connectivity index (χ0v) is 13.7. The van der Waals surface area contributed by atoms with Gasteiger partial charge in [0.1, 0.15) is 0 Å². The first-order chi connectivity index (χ1) is 9.89. The lowest BCUT2D eigenvalue weighted by Gasteiger charge is -2.30. The number of carbonyl (C=O) groups excluding carboxylic acids is 2. The van der Waals surface area contributed by atoms with E-state index in [4.69, 9.17) is 0 Å². The first-order valence-electron chi connectivity index (χ1n) is 8.18. The number of nitrogens with one attached hydrogen (secondary N) is 1. The molecule has 2 saturated heterocycles. The lowest BCUT2D eigenvalue weighted by atomic mass is 9.77. The standard InChI is InChI=1S/C16H29N3O2/c1-16(2,3)13-5-4-9-18(10-6-13)14(20)15(21)19-11-7-17-8-12-19/h13,17H,4-12H2,1-3H3. The molecular weight excluding hydrogens is 266 g/mol. The lowest BCUT2D eigenvalue weighted by molar-refractivity contribution is -0.152. The van der Waals surface area contributed by atoms with Crippen LogP contribution in [0.1, 0.15) is 40.0 Å². The Bertz CT molecular complexity index is 383. The maximum Gasteiger partial charge on any atom is 0.312 e. The summed E-state index contributed by atoms with van der Waals surface area (Å²) in [5, 5.41) is 3.20. The van der Waals surface area contributed by atoms with E-state index in [9.17, 15) is 9.59 Å². The zero-order valence-electron chi connectivity index (χ0n) is 13.7. The topological polar surface area (TPSA) is 52.7 Å². The van der Waals surface area contributed by atoms with Gasteiger partial charge in [0.2, 0.25) is 0 Å². The number of piperazine rings is 1. The van der Waals surface area contributed by atoms with Crippen LogP contribution in [0.25, 0.3) is 0 Å². The molecule has 1 atom stereocenters. The molecule has 2 heterocycles. The molecule has 2 aliphatic rings. The fraction of sp³-hybridized carbons (Fsp3) is 0.875. The highest BCUT2D eigenvalue weighted by Gasteiger charge is 2.32. The van der Waals surface area contributed by atoms with Crippen LogP contribution in [-0.2, 0) is 9.59 Å². The minimum absolute atomic E-state index is 0.279. The number of amides is 2. The maximum absolute atomic E-state index is 12.4. The van der Waals surface area contributed by atoms with Crippen LogP contribution in [0.5, 0.6) is 0 Å². The summed E-state index contributed by atoms with van der Waals surface area (Å²) in [4.78, 5) is 28.2. The number of likely N-dealkylation sites (tertiary alicyclic amines) is 1. The molecule has 2 rings (SSSR count). The number of hydrogen-bond donors (Lipinski definition) is 1. The molecule has 1 N–H and O–H groups in total. The Morgan fingerprint density at radius 3 is 2.05 bits per heavy atom. The number of hydrogen-bond acceptors (Lipinski definition) is 3. The molecule has 0 radical (unpaired) electrons. The zero-order chi connectivity index (χ0) is 15.5. The molecule has 0 aliphatic carbocycles. The molecule has 21 heavy (non-hydrogen) atoms. The van der Waals surface area contributed by atoms with Crippen LogP contribution in [0.2, 0.25) is 0 Å². The van der Waals surface area contributed by atoms with Gasteiger partial charge in [-0.1, -0.05) is 20.8 Å². The first kappa shape index (κ1) is 16.3. The summed E-state index contributed by atoms with van der Waals surface area (Å²) in [5.41, 5.74) is 0.279. The molecule has 2 aliphatic heterocycles. The molecule has 2 amide bonds. The molecule has 0 saturated carbocycles. The normalized spacial score (nSPS) is 24.6. The fourth-order valence-corrected chi connectivity index (χ4v) is 3.30. The largest absolute Gasteiger partial charge is 0.334 e. The summed E-state index contributed by atoms with van der Waals surface area (Å²) in [6.45, 7) is 11.1. The van der Waals surface area contributed by atoms with Gasteiger partial charge in [0, 0.05) is 39.3 Å². The van der Waals surface area contributed by atoms with Crippen molar-refractivity contribution >= 4 is 11.8 Å². The monoisotopic (exact) mass is 295 g/mol. The van der Waals surface area contributed by atoms with E-state index in [0.29, 0.717) is 19.0 Å². The number of nitrogens with zero attached hydrogens (tertiary/aromatic N) is 2. The molecule has 0 aromatic carbocycles. The van der Waals surface area contributed by atoms with Gasteiger partial charge >= 0.3 is 11.8 Å². The molecule has 0 aromatic rings. The smallest absolute Gasteiger partial charge is 0.312 e. The minimum atomic E-state index is -0.314. The predicted octanol–water partition coefficient (Wildman–Crippen LogP) is 1.09. The van der Waals surface area contributed by atoms with Crippen LogP contribution in [0.15, 0.2) is 0 Å². The van der Waals surface area contributed by atoms with E-state index in [-0.39, 0.29) is 17.2 Å². The maximum atomic E-state index is 12.4. The quantitative estimate of drug-likeness (QED) is 0.681. The van der Waals surface area contributed by atoms with Gasteiger partial charge in [0.25, 0.3) is 0 Å². The molecule has 5 heteroatoms. The third-order valence-electron chi connectivity index (χ3n) is 4.83. The van der Waals surface area contributed by atoms with E-state index >= 15 is 0 Å². The van der Waals surface area contributed by atoms with Gasteiger partial charge in [0.15, 0.2) is 0 Å². The van der Waals surface area contributed by atoms with Crippen molar-refractivity contribution in [2.24, 2.45) is 11.3 Å². The Kier molecular flexibility index (Phi) is 5.25. The second-order valence-corrected chi connectivity index (χ2v) is 7.33. The Balaban J connectivity index is 1.92. The van der Waals surface area contributed by atoms with E-state index in [0.717, 1.165) is 45.4 Å². The molecular formula is C16H29N3O2. The predicted molar refractivity (Wildman–Crippen MR) is 82.8 cm³/mol. The molecule has 0 bridgehead atoms. The Morgan fingerprint density at radius 2 is 1.48 bits per heavy atom. The van der Waals surface area contributed by atoms with Gasteiger partial charge in [-0.05, 0) is 30.6 Å². The molecule has 5 nitrogen and oxygen atoms in total. The van der Waals surface area contributed by atoms with Crippen LogP contribution >= 0.6 is 0 Å². The molecule has 2 fully saturated rings. The van der Waals surface area contributed by atoms with Crippen LogP contribution < -0.4 is 5.32 Å². The number of rotatable bonds is 0. The fourth-order valence-electron chi connectivity index (χ4n) is 3.30. The summed E-state index contributed by atoms with van der Waals surface area (Å²) in [6.07, 6.45) is 3.15. The summed E-state index contributed by atoms with van der Waals surface area (Å²) in [6, 6.07) is 0. The average molecular weight is 295 g/mol. The summed E-state index contributed by atoms with van der Waals surface area (Å²) >= 11 is 0. The molecule has 120 valence electrons. The van der Waals surface area contributed by atoms with Crippen LogP contribution in [0.3, 0.4) is 0 Å². The van der Waals surface area contributed by atoms with E-state index in [1.807, 2.05) is 0 Å². The van der Waals surface area contributed by atoms with Crippen LogP contribution in [-0.4, -0.2) is 60.9 Å². The second-order valence-electron chi connectivity index (χ2n) is 7.33. The minimum Gasteiger partial charge on any atom is -0.334 e. The SMILES string of the molecule is CC(C)(C)C1CCCN(C(=O)C(=O)N2CCNCC2)CC1. The van der Waals surface area contributed by atoms with Crippen molar-refractivity contribution in [2.75, 3.05) is 39.3 Å². The Morgan fingerprint density at radius 1 is 0.905 bits per heavy atom. The average Bonchev–Trinajstić information content (AvgIpc) is 2.72. The van der Waals surface area contributed by atoms with Crippen LogP contribution in [0, 0.1) is 11.3 Å². The molecule has 1 unspecified atom stereocenters. The van der Waals surface area contributed by atoms with Crippen molar-refractivity contribution in [3.63, 3.8) is 0 Å². The molecule has 0 spiro atoms. The second kappa shape index (κ2) is 6.77. The molecule has 0 aromatic heterocycles. The van der Waals surface area contributed by atoms with Crippen molar-refractivity contribution in [2.45, 2.75) is 40.0 Å². The summed E-state index contributed by atoms with van der Waals surface area (Å²) < 4.78 is 0. The van der Waals surface area contributed by atoms with Gasteiger partial charge in [-0.25, -0.2) is 0 Å². The third kappa shape index (κ3) is 4.19. The highest BCUT2D eigenvalue weighted by molar-refractivity contribution is 6.34. The highest BCUT2D eigenvalue weighted by atomic mass is 16.2. The van der Waals surface area contributed by atoms with Gasteiger partial charge in [0.05, 0.1) is 0 Å². The third-order valence-corrected chi connectivity index (χ3v) is 4.83. The van der Waals surface area contributed by atoms with Crippen molar-refractivity contribution in [1.82, 2.24) is 15.1 Å². The van der Waals surface area contributed by atoms with Crippen molar-refractivity contribution in [3.05, 3.63) is 0 Å². The van der Waals surface area contributed by atoms with Gasteiger partial charge in [-0.15, -0.1) is 0 Å². The van der Waals surface area contributed by atoms with Crippen molar-refractivity contribution in [3.8, 4) is 0 Å².